The van der Waals surface area contributed by atoms with Crippen molar-refractivity contribution in [2.24, 2.45) is 4.99 Å². The molecule has 0 amide bonds. The van der Waals surface area contributed by atoms with E-state index in [0.29, 0.717) is 40.1 Å². The first kappa shape index (κ1) is 27.8. The van der Waals surface area contributed by atoms with Gasteiger partial charge >= 0.3 is 12.1 Å². The Balaban J connectivity index is 1.78. The highest BCUT2D eigenvalue weighted by Crippen LogP contribution is 2.36. The molecule has 0 saturated carbocycles. The number of Topliss-reactive ketones (excluding diaryl/α,β-unsaturated/α-hetero) is 1. The Morgan fingerprint density at radius 3 is 2.28 bits per heavy atom. The second kappa shape index (κ2) is 10.5. The molecule has 1 N–H and O–H groups in total. The number of nitrogens with zero attached hydrogens (tertiary/aromatic N) is 1. The molecule has 0 aromatic heterocycles. The Morgan fingerprint density at radius 2 is 1.69 bits per heavy atom. The van der Waals surface area contributed by atoms with Gasteiger partial charge in [-0.2, -0.15) is 13.2 Å². The molecule has 9 heteroatoms. The van der Waals surface area contributed by atoms with Crippen LogP contribution in [0.25, 0.3) is 11.1 Å². The van der Waals surface area contributed by atoms with Crippen LogP contribution in [0, 0.1) is 12.7 Å². The number of carbonyl (C=O) groups excluding carboxylic acids is 1. The summed E-state index contributed by atoms with van der Waals surface area (Å²) in [6, 6.07) is 12.0. The minimum Gasteiger partial charge on any atom is -0.491 e. The number of rotatable bonds is 8. The number of alkyl halides is 3. The van der Waals surface area contributed by atoms with E-state index in [1.807, 2.05) is 13.8 Å². The van der Waals surface area contributed by atoms with E-state index in [4.69, 9.17) is 4.74 Å². The van der Waals surface area contributed by atoms with Crippen molar-refractivity contribution in [1.29, 1.82) is 0 Å². The fraction of sp³-hybridized carbons (Fsp3) is 0.233. The summed E-state index contributed by atoms with van der Waals surface area (Å²) in [5.74, 6) is -2.72. The number of hydrogen-bond acceptors (Lipinski definition) is 4. The van der Waals surface area contributed by atoms with E-state index in [1.165, 1.54) is 18.4 Å². The number of aliphatic imine (C=N–C) groups is 1. The van der Waals surface area contributed by atoms with E-state index >= 15 is 0 Å². The molecule has 0 spiro atoms. The quantitative estimate of drug-likeness (QED) is 0.245. The van der Waals surface area contributed by atoms with Gasteiger partial charge in [-0.1, -0.05) is 18.2 Å². The molecular weight excluding hydrogens is 514 g/mol. The van der Waals surface area contributed by atoms with Crippen molar-refractivity contribution in [3.8, 4) is 16.9 Å². The van der Waals surface area contributed by atoms with Gasteiger partial charge in [0.2, 0.25) is 0 Å². The van der Waals surface area contributed by atoms with Gasteiger partial charge in [-0.3, -0.25) is 9.79 Å². The average molecular weight is 540 g/mol. The van der Waals surface area contributed by atoms with Crippen LogP contribution in [0.3, 0.4) is 0 Å². The molecule has 4 rings (SSSR count). The summed E-state index contributed by atoms with van der Waals surface area (Å²) in [6.45, 7) is 5.34. The number of allylic oxidation sites excluding steroid dienone is 1. The lowest BCUT2D eigenvalue weighted by Gasteiger charge is -2.26. The zero-order valence-corrected chi connectivity index (χ0v) is 21.3. The third kappa shape index (κ3) is 5.77. The molecule has 1 heterocycles. The molecule has 0 fully saturated rings. The number of aryl methyl sites for hydroxylation is 1. The number of aromatic carboxylic acids is 1. The van der Waals surface area contributed by atoms with Gasteiger partial charge in [0, 0.05) is 12.6 Å². The first-order chi connectivity index (χ1) is 18.3. The van der Waals surface area contributed by atoms with Crippen LogP contribution < -0.4 is 4.74 Å². The van der Waals surface area contributed by atoms with E-state index in [-0.39, 0.29) is 18.1 Å². The molecule has 202 valence electrons. The van der Waals surface area contributed by atoms with E-state index < -0.39 is 40.4 Å². The van der Waals surface area contributed by atoms with Crippen LogP contribution in [0.4, 0.5) is 17.6 Å². The van der Waals surface area contributed by atoms with Gasteiger partial charge in [-0.25, -0.2) is 9.18 Å². The lowest BCUT2D eigenvalue weighted by molar-refractivity contribution is -0.137. The smallest absolute Gasteiger partial charge is 0.416 e. The molecule has 39 heavy (non-hydrogen) atoms. The molecule has 1 aliphatic rings. The summed E-state index contributed by atoms with van der Waals surface area (Å²) in [4.78, 5) is 29.6. The highest BCUT2D eigenvalue weighted by molar-refractivity contribution is 6.07. The molecule has 1 atom stereocenters. The number of benzene rings is 3. The van der Waals surface area contributed by atoms with Gasteiger partial charge in [0.05, 0.1) is 22.8 Å². The van der Waals surface area contributed by atoms with Gasteiger partial charge in [0.25, 0.3) is 0 Å². The number of carboxylic acids is 1. The van der Waals surface area contributed by atoms with Crippen LogP contribution in [0.5, 0.6) is 5.75 Å². The van der Waals surface area contributed by atoms with Crippen molar-refractivity contribution in [3.63, 3.8) is 0 Å². The number of ether oxygens (including phenoxy) is 1. The normalized spacial score (nSPS) is 16.6. The first-order valence-corrected chi connectivity index (χ1v) is 12.1. The van der Waals surface area contributed by atoms with Crippen LogP contribution in [-0.2, 0) is 12.6 Å². The van der Waals surface area contributed by atoms with Crippen LogP contribution in [0.2, 0.25) is 0 Å². The second-order valence-electron chi connectivity index (χ2n) is 9.58. The van der Waals surface area contributed by atoms with Gasteiger partial charge in [0.15, 0.2) is 5.78 Å². The maximum atomic E-state index is 14.8. The SMILES string of the molecule is Cc1ccc(-c2ccc(OC(C)C)c(CC3(C(=O)c4ccc(C(F)(F)F)cc4F)C=CC=N3)c2)cc1C(=O)O. The Hall–Kier alpha value is -4.27. The Morgan fingerprint density at radius 1 is 1.00 bits per heavy atom. The van der Waals surface area contributed by atoms with Crippen molar-refractivity contribution in [3.05, 3.63) is 100 Å². The predicted octanol–water partition coefficient (Wildman–Crippen LogP) is 7.11. The average Bonchev–Trinajstić information content (AvgIpc) is 3.33. The number of ketones is 1. The molecular formula is C30H25F4NO4. The molecule has 1 aliphatic heterocycles. The number of carboxylic acid groups (broad SMARTS) is 1. The zero-order chi connectivity index (χ0) is 28.5. The summed E-state index contributed by atoms with van der Waals surface area (Å²) in [6.07, 6.45) is -0.683. The summed E-state index contributed by atoms with van der Waals surface area (Å²) in [5, 5.41) is 9.54. The van der Waals surface area contributed by atoms with Gasteiger partial charge in [0.1, 0.15) is 17.1 Å². The largest absolute Gasteiger partial charge is 0.491 e. The monoisotopic (exact) mass is 539 g/mol. The second-order valence-corrected chi connectivity index (χ2v) is 9.58. The third-order valence-electron chi connectivity index (χ3n) is 6.38. The molecule has 0 bridgehead atoms. The Labute approximate surface area is 222 Å². The summed E-state index contributed by atoms with van der Waals surface area (Å²) >= 11 is 0. The molecule has 1 unspecified atom stereocenters. The Bertz CT molecular complexity index is 1490. The predicted molar refractivity (Wildman–Crippen MR) is 139 cm³/mol. The number of hydrogen-bond donors (Lipinski definition) is 1. The summed E-state index contributed by atoms with van der Waals surface area (Å²) < 4.78 is 59.9. The molecule has 3 aromatic carbocycles. The van der Waals surface area contributed by atoms with E-state index in [2.05, 4.69) is 4.99 Å². The maximum Gasteiger partial charge on any atom is 0.416 e. The van der Waals surface area contributed by atoms with Crippen LogP contribution >= 0.6 is 0 Å². The minimum atomic E-state index is -4.76. The third-order valence-corrected chi connectivity index (χ3v) is 6.38. The maximum absolute atomic E-state index is 14.8. The molecule has 0 saturated heterocycles. The van der Waals surface area contributed by atoms with E-state index in [9.17, 15) is 32.3 Å². The van der Waals surface area contributed by atoms with Crippen molar-refractivity contribution < 1.29 is 37.0 Å². The Kier molecular flexibility index (Phi) is 7.46. The van der Waals surface area contributed by atoms with E-state index in [1.54, 1.807) is 43.3 Å². The van der Waals surface area contributed by atoms with Crippen LogP contribution in [0.15, 0.2) is 71.7 Å². The summed E-state index contributed by atoms with van der Waals surface area (Å²) in [7, 11) is 0. The molecule has 0 radical (unpaired) electrons. The number of carbonyl (C=O) groups is 2. The standard InChI is InChI=1S/C30H25F4NO4/c1-17(2)39-26-10-7-19(20-6-5-18(3)24(14-20)28(37)38)13-21(26)16-29(11-4-12-35-29)27(36)23-9-8-22(15-25(23)31)30(32,33)34/h4-15,17H,16H2,1-3H3,(H,37,38). The van der Waals surface area contributed by atoms with Crippen molar-refractivity contribution >= 4 is 18.0 Å². The van der Waals surface area contributed by atoms with Gasteiger partial charge in [-0.05, 0) is 91.6 Å². The highest BCUT2D eigenvalue weighted by atomic mass is 19.4. The van der Waals surface area contributed by atoms with Gasteiger partial charge in [-0.15, -0.1) is 0 Å². The first-order valence-electron chi connectivity index (χ1n) is 12.1. The lowest BCUT2D eigenvalue weighted by atomic mass is 9.83. The van der Waals surface area contributed by atoms with Crippen molar-refractivity contribution in [2.45, 2.75) is 45.0 Å². The fourth-order valence-corrected chi connectivity index (χ4v) is 4.44. The highest BCUT2D eigenvalue weighted by Gasteiger charge is 2.40. The zero-order valence-electron chi connectivity index (χ0n) is 21.3. The molecule has 3 aromatic rings. The fourth-order valence-electron chi connectivity index (χ4n) is 4.44. The summed E-state index contributed by atoms with van der Waals surface area (Å²) in [5.41, 5.74) is -0.789. The minimum absolute atomic E-state index is 0.0765. The van der Waals surface area contributed by atoms with Crippen molar-refractivity contribution in [2.75, 3.05) is 0 Å². The van der Waals surface area contributed by atoms with Crippen LogP contribution in [-0.4, -0.2) is 34.7 Å². The molecule has 5 nitrogen and oxygen atoms in total. The van der Waals surface area contributed by atoms with E-state index in [0.717, 1.165) is 6.07 Å². The van der Waals surface area contributed by atoms with Gasteiger partial charge < -0.3 is 9.84 Å². The topological polar surface area (TPSA) is 76.0 Å². The van der Waals surface area contributed by atoms with Crippen molar-refractivity contribution in [1.82, 2.24) is 0 Å². The number of halogens is 4. The van der Waals surface area contributed by atoms with Crippen LogP contribution in [0.1, 0.15) is 51.3 Å². The lowest BCUT2D eigenvalue weighted by Crippen LogP contribution is -2.37. The molecule has 0 aliphatic carbocycles.